The topological polar surface area (TPSA) is 52.6 Å². The highest BCUT2D eigenvalue weighted by Gasteiger charge is 2.21. The summed E-state index contributed by atoms with van der Waals surface area (Å²) in [5.74, 6) is 1.44. The lowest BCUT2D eigenvalue weighted by Crippen LogP contribution is -2.13. The van der Waals surface area contributed by atoms with E-state index in [1.165, 1.54) is 6.07 Å². The monoisotopic (exact) mass is 272 g/mol. The van der Waals surface area contributed by atoms with Crippen molar-refractivity contribution in [3.8, 4) is 18.1 Å². The second-order valence-electron chi connectivity index (χ2n) is 3.68. The fraction of sp³-hybridized carbons (Fsp3) is 0.333. The van der Waals surface area contributed by atoms with Crippen LogP contribution in [-0.2, 0) is 14.3 Å². The number of ether oxygens (including phenoxy) is 1. The number of hydrogen-bond acceptors (Lipinski definition) is 4. The quantitative estimate of drug-likeness (QED) is 0.607. The van der Waals surface area contributed by atoms with Crippen molar-refractivity contribution >= 4 is 10.1 Å². The van der Waals surface area contributed by atoms with Crippen molar-refractivity contribution in [3.63, 3.8) is 0 Å². The molecular weight excluding hydrogens is 259 g/mol. The van der Waals surface area contributed by atoms with Gasteiger partial charge in [0.25, 0.3) is 10.1 Å². The molecule has 0 aliphatic heterocycles. The molecule has 0 atom stereocenters. The molecule has 1 aromatic rings. The Kier molecular flexibility index (Phi) is 4.70. The van der Waals surface area contributed by atoms with Crippen LogP contribution in [0.25, 0.3) is 0 Å². The lowest BCUT2D eigenvalue weighted by atomic mass is 10.3. The molecule has 4 nitrogen and oxygen atoms in total. The first-order valence-electron chi connectivity index (χ1n) is 5.16. The van der Waals surface area contributed by atoms with Crippen molar-refractivity contribution in [1.29, 1.82) is 0 Å². The zero-order valence-corrected chi connectivity index (χ0v) is 10.8. The van der Waals surface area contributed by atoms with E-state index in [-0.39, 0.29) is 12.4 Å². The molecule has 0 aromatic heterocycles. The molecule has 18 heavy (non-hydrogen) atoms. The molecule has 0 unspecified atom stereocenters. The van der Waals surface area contributed by atoms with Gasteiger partial charge in [0.2, 0.25) is 0 Å². The second-order valence-corrected chi connectivity index (χ2v) is 5.22. The van der Waals surface area contributed by atoms with E-state index in [0.29, 0.717) is 0 Å². The van der Waals surface area contributed by atoms with Gasteiger partial charge in [-0.1, -0.05) is 5.92 Å². The average molecular weight is 272 g/mol. The lowest BCUT2D eigenvalue weighted by molar-refractivity contribution is 0.247. The maximum atomic E-state index is 13.6. The van der Waals surface area contributed by atoms with Crippen LogP contribution in [0.3, 0.4) is 0 Å². The Labute approximate surface area is 106 Å². The zero-order chi connectivity index (χ0) is 13.8. The van der Waals surface area contributed by atoms with Crippen LogP contribution in [0.4, 0.5) is 4.39 Å². The van der Waals surface area contributed by atoms with Crippen LogP contribution in [0.1, 0.15) is 13.8 Å². The Hall–Kier alpha value is -1.58. The third-order valence-corrected chi connectivity index (χ3v) is 3.32. The van der Waals surface area contributed by atoms with Gasteiger partial charge in [-0.3, -0.25) is 4.18 Å². The van der Waals surface area contributed by atoms with Crippen LogP contribution in [-0.4, -0.2) is 21.1 Å². The Morgan fingerprint density at radius 1 is 1.44 bits per heavy atom. The smallest absolute Gasteiger partial charge is 0.300 e. The minimum atomic E-state index is -4.10. The van der Waals surface area contributed by atoms with E-state index in [1.807, 2.05) is 0 Å². The average Bonchev–Trinajstić information content (AvgIpc) is 2.24. The SMILES string of the molecule is C#CCOc1ccc(S(=O)(=O)OC(C)C)c(F)c1. The van der Waals surface area contributed by atoms with Crippen LogP contribution >= 0.6 is 0 Å². The summed E-state index contributed by atoms with van der Waals surface area (Å²) in [6.45, 7) is 3.06. The van der Waals surface area contributed by atoms with Crippen LogP contribution in [0, 0.1) is 18.2 Å². The van der Waals surface area contributed by atoms with Gasteiger partial charge in [0.15, 0.2) is 0 Å². The fourth-order valence-corrected chi connectivity index (χ4v) is 2.35. The fourth-order valence-electron chi connectivity index (χ4n) is 1.20. The van der Waals surface area contributed by atoms with Crippen molar-refractivity contribution in [2.45, 2.75) is 24.8 Å². The largest absolute Gasteiger partial charge is 0.481 e. The molecule has 0 aliphatic rings. The van der Waals surface area contributed by atoms with Crippen molar-refractivity contribution in [1.82, 2.24) is 0 Å². The molecule has 0 bridgehead atoms. The van der Waals surface area contributed by atoms with E-state index >= 15 is 0 Å². The summed E-state index contributed by atoms with van der Waals surface area (Å²) in [5.41, 5.74) is 0. The highest BCUT2D eigenvalue weighted by atomic mass is 32.2. The predicted molar refractivity (Wildman–Crippen MR) is 64.1 cm³/mol. The lowest BCUT2D eigenvalue weighted by Gasteiger charge is -2.10. The van der Waals surface area contributed by atoms with Gasteiger partial charge in [-0.2, -0.15) is 8.42 Å². The number of halogens is 1. The molecule has 0 radical (unpaired) electrons. The molecule has 1 rings (SSSR count). The van der Waals surface area contributed by atoms with Crippen LogP contribution < -0.4 is 4.74 Å². The van der Waals surface area contributed by atoms with Gasteiger partial charge in [-0.15, -0.1) is 6.42 Å². The standard InChI is InChI=1S/C12H13FO4S/c1-4-7-16-10-5-6-12(11(13)8-10)18(14,15)17-9(2)3/h1,5-6,8-9H,7H2,2-3H3. The Morgan fingerprint density at radius 2 is 2.11 bits per heavy atom. The van der Waals surface area contributed by atoms with Gasteiger partial charge >= 0.3 is 0 Å². The van der Waals surface area contributed by atoms with Gasteiger partial charge in [0.1, 0.15) is 23.1 Å². The molecular formula is C12H13FO4S. The molecule has 0 spiro atoms. The summed E-state index contributed by atoms with van der Waals surface area (Å²) in [7, 11) is -4.10. The highest BCUT2D eigenvalue weighted by molar-refractivity contribution is 7.86. The molecule has 98 valence electrons. The van der Waals surface area contributed by atoms with Crippen molar-refractivity contribution in [2.24, 2.45) is 0 Å². The molecule has 0 amide bonds. The second kappa shape index (κ2) is 5.85. The van der Waals surface area contributed by atoms with Gasteiger partial charge in [0.05, 0.1) is 6.10 Å². The number of benzene rings is 1. The van der Waals surface area contributed by atoms with Crippen molar-refractivity contribution < 1.29 is 21.7 Å². The van der Waals surface area contributed by atoms with E-state index in [2.05, 4.69) is 10.1 Å². The van der Waals surface area contributed by atoms with Crippen LogP contribution in [0.2, 0.25) is 0 Å². The maximum Gasteiger partial charge on any atom is 0.300 e. The van der Waals surface area contributed by atoms with Crippen molar-refractivity contribution in [2.75, 3.05) is 6.61 Å². The Balaban J connectivity index is 3.03. The van der Waals surface area contributed by atoms with Gasteiger partial charge < -0.3 is 4.74 Å². The van der Waals surface area contributed by atoms with Crippen molar-refractivity contribution in [3.05, 3.63) is 24.0 Å². The molecule has 0 heterocycles. The zero-order valence-electron chi connectivity index (χ0n) is 10.0. The van der Waals surface area contributed by atoms with Crippen LogP contribution in [0.5, 0.6) is 5.75 Å². The molecule has 0 aliphatic carbocycles. The third-order valence-electron chi connectivity index (χ3n) is 1.81. The Morgan fingerprint density at radius 3 is 2.61 bits per heavy atom. The summed E-state index contributed by atoms with van der Waals surface area (Å²) >= 11 is 0. The first-order chi connectivity index (χ1) is 8.36. The minimum Gasteiger partial charge on any atom is -0.481 e. The van der Waals surface area contributed by atoms with E-state index in [9.17, 15) is 12.8 Å². The summed E-state index contributed by atoms with van der Waals surface area (Å²) in [4.78, 5) is -0.524. The molecule has 0 N–H and O–H groups in total. The molecule has 6 heteroatoms. The molecule has 1 aromatic carbocycles. The normalized spacial score (nSPS) is 11.3. The summed E-state index contributed by atoms with van der Waals surface area (Å²) in [6.07, 6.45) is 4.42. The highest BCUT2D eigenvalue weighted by Crippen LogP contribution is 2.22. The summed E-state index contributed by atoms with van der Waals surface area (Å²) in [5, 5.41) is 0. The van der Waals surface area contributed by atoms with E-state index in [1.54, 1.807) is 13.8 Å². The Bertz CT molecular complexity index is 558. The molecule has 0 saturated heterocycles. The van der Waals surface area contributed by atoms with Gasteiger partial charge in [-0.25, -0.2) is 4.39 Å². The van der Waals surface area contributed by atoms with E-state index in [4.69, 9.17) is 11.2 Å². The number of hydrogen-bond donors (Lipinski definition) is 0. The summed E-state index contributed by atoms with van der Waals surface area (Å²) in [6, 6.07) is 3.35. The number of rotatable bonds is 5. The first kappa shape index (κ1) is 14.5. The van der Waals surface area contributed by atoms with Crippen LogP contribution in [0.15, 0.2) is 23.1 Å². The van der Waals surface area contributed by atoms with Gasteiger partial charge in [-0.05, 0) is 26.0 Å². The number of terminal acetylenes is 1. The predicted octanol–water partition coefficient (Wildman–Crippen LogP) is 1.95. The third kappa shape index (κ3) is 3.72. The minimum absolute atomic E-state index is 0.0198. The molecule has 0 fully saturated rings. The maximum absolute atomic E-state index is 13.6. The summed E-state index contributed by atoms with van der Waals surface area (Å²) < 4.78 is 46.6. The van der Waals surface area contributed by atoms with Gasteiger partial charge in [0, 0.05) is 6.07 Å². The van der Waals surface area contributed by atoms with E-state index < -0.39 is 26.9 Å². The van der Waals surface area contributed by atoms with E-state index in [0.717, 1.165) is 12.1 Å². The molecule has 0 saturated carbocycles. The first-order valence-corrected chi connectivity index (χ1v) is 6.56.